The predicted molar refractivity (Wildman–Crippen MR) is 55.7 cm³/mol. The maximum atomic E-state index is 13.3. The van der Waals surface area contributed by atoms with Gasteiger partial charge in [-0.05, 0) is 28.4 Å². The molecule has 72 valence electrons. The van der Waals surface area contributed by atoms with Crippen molar-refractivity contribution in [3.63, 3.8) is 0 Å². The molecule has 1 aliphatic rings. The fourth-order valence-electron chi connectivity index (χ4n) is 2.01. The summed E-state index contributed by atoms with van der Waals surface area (Å²) in [4.78, 5) is 4.46. The number of benzene rings is 1. The number of hydrogen-bond donors (Lipinski definition) is 0. The van der Waals surface area contributed by atoms with Crippen molar-refractivity contribution in [2.45, 2.75) is 19.4 Å². The van der Waals surface area contributed by atoms with Crippen molar-refractivity contribution in [2.75, 3.05) is 0 Å². The van der Waals surface area contributed by atoms with E-state index in [1.54, 1.807) is 12.1 Å². The van der Waals surface area contributed by atoms with E-state index in [-0.39, 0.29) is 5.82 Å². The van der Waals surface area contributed by atoms with Crippen molar-refractivity contribution in [3.05, 3.63) is 28.2 Å². The Kier molecular flexibility index (Phi) is 1.68. The SMILES string of the molecule is Fc1cc2c(cc1Br)nc1n2CCC1. The van der Waals surface area contributed by atoms with Crippen LogP contribution in [0.4, 0.5) is 4.39 Å². The molecule has 0 atom stereocenters. The zero-order valence-corrected chi connectivity index (χ0v) is 9.01. The highest BCUT2D eigenvalue weighted by Crippen LogP contribution is 2.27. The molecule has 3 rings (SSSR count). The molecule has 0 N–H and O–H groups in total. The molecule has 0 saturated heterocycles. The van der Waals surface area contributed by atoms with Gasteiger partial charge in [0.25, 0.3) is 0 Å². The van der Waals surface area contributed by atoms with Crippen LogP contribution in [-0.2, 0) is 13.0 Å². The first-order chi connectivity index (χ1) is 6.75. The van der Waals surface area contributed by atoms with Crippen LogP contribution in [0.5, 0.6) is 0 Å². The molecule has 0 fully saturated rings. The predicted octanol–water partition coefficient (Wildman–Crippen LogP) is 2.88. The lowest BCUT2D eigenvalue weighted by molar-refractivity contribution is 0.621. The van der Waals surface area contributed by atoms with E-state index >= 15 is 0 Å². The van der Waals surface area contributed by atoms with Gasteiger partial charge in [0.15, 0.2) is 0 Å². The summed E-state index contributed by atoms with van der Waals surface area (Å²) in [5.74, 6) is 0.865. The van der Waals surface area contributed by atoms with Gasteiger partial charge in [0, 0.05) is 19.0 Å². The van der Waals surface area contributed by atoms with E-state index in [4.69, 9.17) is 0 Å². The minimum absolute atomic E-state index is 0.216. The number of halogens is 2. The molecule has 0 radical (unpaired) electrons. The van der Waals surface area contributed by atoms with E-state index in [1.165, 1.54) is 0 Å². The third-order valence-corrected chi connectivity index (χ3v) is 3.26. The molecular formula is C10H8BrFN2. The lowest BCUT2D eigenvalue weighted by Gasteiger charge is -1.99. The Morgan fingerprint density at radius 2 is 2.29 bits per heavy atom. The van der Waals surface area contributed by atoms with Crippen LogP contribution < -0.4 is 0 Å². The zero-order valence-electron chi connectivity index (χ0n) is 7.43. The molecule has 0 bridgehead atoms. The van der Waals surface area contributed by atoms with Crippen LogP contribution in [0, 0.1) is 5.82 Å². The van der Waals surface area contributed by atoms with Gasteiger partial charge in [-0.25, -0.2) is 9.37 Å². The molecule has 2 aromatic rings. The van der Waals surface area contributed by atoms with Gasteiger partial charge >= 0.3 is 0 Å². The fraction of sp³-hybridized carbons (Fsp3) is 0.300. The van der Waals surface area contributed by atoms with Gasteiger partial charge in [-0.3, -0.25) is 0 Å². The summed E-state index contributed by atoms with van der Waals surface area (Å²) in [5.41, 5.74) is 1.80. The molecule has 0 amide bonds. The van der Waals surface area contributed by atoms with Gasteiger partial charge in [0.05, 0.1) is 15.5 Å². The fourth-order valence-corrected chi connectivity index (χ4v) is 2.34. The molecule has 0 aliphatic carbocycles. The third kappa shape index (κ3) is 1.03. The molecule has 1 aromatic carbocycles. The smallest absolute Gasteiger partial charge is 0.139 e. The number of nitrogens with zero attached hydrogens (tertiary/aromatic N) is 2. The Morgan fingerprint density at radius 3 is 3.14 bits per heavy atom. The molecule has 0 unspecified atom stereocenters. The van der Waals surface area contributed by atoms with Gasteiger partial charge in [-0.2, -0.15) is 0 Å². The molecular weight excluding hydrogens is 247 g/mol. The van der Waals surface area contributed by atoms with Crippen molar-refractivity contribution >= 4 is 27.0 Å². The number of imidazole rings is 1. The van der Waals surface area contributed by atoms with Crippen molar-refractivity contribution in [1.29, 1.82) is 0 Å². The van der Waals surface area contributed by atoms with E-state index in [0.29, 0.717) is 4.47 Å². The van der Waals surface area contributed by atoms with Gasteiger partial charge in [-0.15, -0.1) is 0 Å². The lowest BCUT2D eigenvalue weighted by atomic mass is 10.3. The van der Waals surface area contributed by atoms with E-state index in [2.05, 4.69) is 25.5 Å². The summed E-state index contributed by atoms with van der Waals surface area (Å²) in [7, 11) is 0. The summed E-state index contributed by atoms with van der Waals surface area (Å²) in [6.07, 6.45) is 2.13. The van der Waals surface area contributed by atoms with Gasteiger partial charge in [-0.1, -0.05) is 0 Å². The van der Waals surface area contributed by atoms with Crippen LogP contribution in [0.3, 0.4) is 0 Å². The average Bonchev–Trinajstić information content (AvgIpc) is 2.68. The lowest BCUT2D eigenvalue weighted by Crippen LogP contribution is -1.91. The van der Waals surface area contributed by atoms with Crippen molar-refractivity contribution in [1.82, 2.24) is 9.55 Å². The molecule has 2 nitrogen and oxygen atoms in total. The van der Waals surface area contributed by atoms with Crippen LogP contribution in [0.2, 0.25) is 0 Å². The van der Waals surface area contributed by atoms with E-state index in [0.717, 1.165) is 36.2 Å². The van der Waals surface area contributed by atoms with Crippen LogP contribution >= 0.6 is 15.9 Å². The average molecular weight is 255 g/mol. The Bertz CT molecular complexity index is 518. The second-order valence-electron chi connectivity index (χ2n) is 3.54. The van der Waals surface area contributed by atoms with Crippen LogP contribution in [0.25, 0.3) is 11.0 Å². The monoisotopic (exact) mass is 254 g/mol. The Labute approximate surface area is 88.9 Å². The number of hydrogen-bond acceptors (Lipinski definition) is 1. The highest BCUT2D eigenvalue weighted by Gasteiger charge is 2.17. The number of aromatic nitrogens is 2. The number of rotatable bonds is 0. The first-order valence-corrected chi connectivity index (χ1v) is 5.39. The minimum atomic E-state index is -0.216. The zero-order chi connectivity index (χ0) is 9.71. The van der Waals surface area contributed by atoms with Crippen molar-refractivity contribution in [3.8, 4) is 0 Å². The Morgan fingerprint density at radius 1 is 1.43 bits per heavy atom. The molecule has 14 heavy (non-hydrogen) atoms. The molecule has 2 heterocycles. The first kappa shape index (κ1) is 8.41. The standard InChI is InChI=1S/C10H8BrFN2/c11-6-4-8-9(5-7(6)12)14-3-1-2-10(14)13-8/h4-5H,1-3H2. The van der Waals surface area contributed by atoms with E-state index < -0.39 is 0 Å². The molecule has 1 aliphatic heterocycles. The summed E-state index contributed by atoms with van der Waals surface area (Å²) >= 11 is 3.17. The summed E-state index contributed by atoms with van der Waals surface area (Å²) in [6, 6.07) is 3.30. The summed E-state index contributed by atoms with van der Waals surface area (Å²) in [6.45, 7) is 0.965. The molecule has 4 heteroatoms. The number of aryl methyl sites for hydroxylation is 2. The maximum Gasteiger partial charge on any atom is 0.139 e. The van der Waals surface area contributed by atoms with Crippen LogP contribution in [-0.4, -0.2) is 9.55 Å². The third-order valence-electron chi connectivity index (χ3n) is 2.65. The van der Waals surface area contributed by atoms with Gasteiger partial charge < -0.3 is 4.57 Å². The highest BCUT2D eigenvalue weighted by atomic mass is 79.9. The quantitative estimate of drug-likeness (QED) is 0.707. The second kappa shape index (κ2) is 2.79. The van der Waals surface area contributed by atoms with Crippen molar-refractivity contribution < 1.29 is 4.39 Å². The molecule has 0 spiro atoms. The van der Waals surface area contributed by atoms with Gasteiger partial charge in [0.1, 0.15) is 11.6 Å². The summed E-state index contributed by atoms with van der Waals surface area (Å²) < 4.78 is 15.9. The second-order valence-corrected chi connectivity index (χ2v) is 4.39. The van der Waals surface area contributed by atoms with Gasteiger partial charge in [0.2, 0.25) is 0 Å². The minimum Gasteiger partial charge on any atom is -0.328 e. The first-order valence-electron chi connectivity index (χ1n) is 4.60. The molecule has 0 saturated carbocycles. The highest BCUT2D eigenvalue weighted by molar-refractivity contribution is 9.10. The Balaban J connectivity index is 2.39. The van der Waals surface area contributed by atoms with E-state index in [1.807, 2.05) is 0 Å². The van der Waals surface area contributed by atoms with Crippen LogP contribution in [0.1, 0.15) is 12.2 Å². The van der Waals surface area contributed by atoms with Crippen LogP contribution in [0.15, 0.2) is 16.6 Å². The number of fused-ring (bicyclic) bond motifs is 3. The molecule has 1 aromatic heterocycles. The largest absolute Gasteiger partial charge is 0.328 e. The van der Waals surface area contributed by atoms with E-state index in [9.17, 15) is 4.39 Å². The normalized spacial score (nSPS) is 15.0. The Hall–Kier alpha value is -0.900. The topological polar surface area (TPSA) is 17.8 Å². The maximum absolute atomic E-state index is 13.3. The summed E-state index contributed by atoms with van der Waals surface area (Å²) in [5, 5.41) is 0. The van der Waals surface area contributed by atoms with Crippen molar-refractivity contribution in [2.24, 2.45) is 0 Å².